The first-order valence-corrected chi connectivity index (χ1v) is 9.80. The molecule has 2 heterocycles. The number of pyridine rings is 2. The van der Waals surface area contributed by atoms with E-state index in [9.17, 15) is 9.59 Å². The summed E-state index contributed by atoms with van der Waals surface area (Å²) in [6.45, 7) is 7.71. The summed E-state index contributed by atoms with van der Waals surface area (Å²) < 4.78 is 10.5. The lowest BCUT2D eigenvalue weighted by atomic mass is 10.1. The van der Waals surface area contributed by atoms with Crippen molar-refractivity contribution in [1.82, 2.24) is 14.9 Å². The van der Waals surface area contributed by atoms with Crippen LogP contribution < -0.4 is 4.74 Å². The van der Waals surface area contributed by atoms with Crippen LogP contribution >= 0.6 is 0 Å². The summed E-state index contributed by atoms with van der Waals surface area (Å²) in [7, 11) is 0. The van der Waals surface area contributed by atoms with Gasteiger partial charge in [0.1, 0.15) is 11.4 Å². The summed E-state index contributed by atoms with van der Waals surface area (Å²) >= 11 is 0. The molecule has 0 radical (unpaired) electrons. The first-order chi connectivity index (χ1) is 14.6. The summed E-state index contributed by atoms with van der Waals surface area (Å²) in [6, 6.07) is 12.3. The van der Waals surface area contributed by atoms with Gasteiger partial charge in [-0.05, 0) is 63.6 Å². The van der Waals surface area contributed by atoms with Crippen LogP contribution in [-0.2, 0) is 17.8 Å². The van der Waals surface area contributed by atoms with Crippen LogP contribution in [0.4, 0.5) is 9.59 Å². The van der Waals surface area contributed by atoms with Crippen molar-refractivity contribution in [2.24, 2.45) is 0 Å². The lowest BCUT2D eigenvalue weighted by Crippen LogP contribution is -2.36. The van der Waals surface area contributed by atoms with Gasteiger partial charge in [0.2, 0.25) is 0 Å². The number of fused-ring (bicyclic) bond motifs is 1. The third-order valence-corrected chi connectivity index (χ3v) is 4.33. The fourth-order valence-corrected chi connectivity index (χ4v) is 3.06. The molecule has 1 amide bonds. The molecular weight excluding hydrogens is 398 g/mol. The van der Waals surface area contributed by atoms with Crippen LogP contribution in [0.1, 0.15) is 37.7 Å². The van der Waals surface area contributed by atoms with E-state index in [-0.39, 0.29) is 18.8 Å². The predicted molar refractivity (Wildman–Crippen MR) is 115 cm³/mol. The molecule has 31 heavy (non-hydrogen) atoms. The minimum Gasteiger partial charge on any atom is -0.449 e. The molecule has 0 saturated heterocycles. The Kier molecular flexibility index (Phi) is 6.39. The van der Waals surface area contributed by atoms with Crippen LogP contribution in [-0.4, -0.2) is 37.8 Å². The smallest absolute Gasteiger partial charge is 0.449 e. The number of carbonyl (C=O) groups is 2. The first-order valence-electron chi connectivity index (χ1n) is 9.80. The minimum absolute atomic E-state index is 0.187. The van der Waals surface area contributed by atoms with Gasteiger partial charge in [-0.3, -0.25) is 14.9 Å². The summed E-state index contributed by atoms with van der Waals surface area (Å²) in [5.41, 5.74) is 2.11. The van der Waals surface area contributed by atoms with Gasteiger partial charge in [-0.15, -0.1) is 0 Å². The maximum absolute atomic E-state index is 12.9. The summed E-state index contributed by atoms with van der Waals surface area (Å²) in [6.07, 6.45) is -0.217. The fourth-order valence-electron chi connectivity index (χ4n) is 3.06. The van der Waals surface area contributed by atoms with E-state index in [1.165, 1.54) is 0 Å². The highest BCUT2D eigenvalue weighted by Crippen LogP contribution is 2.29. The Morgan fingerprint density at radius 2 is 1.84 bits per heavy atom. The van der Waals surface area contributed by atoms with Crippen LogP contribution in [0.2, 0.25) is 0 Å². The van der Waals surface area contributed by atoms with Gasteiger partial charge in [0.25, 0.3) is 0 Å². The third-order valence-electron chi connectivity index (χ3n) is 4.33. The van der Waals surface area contributed by atoms with E-state index >= 15 is 0 Å². The number of carboxylic acid groups (broad SMARTS) is 1. The van der Waals surface area contributed by atoms with Crippen LogP contribution in [0.5, 0.6) is 5.75 Å². The molecule has 0 aliphatic heterocycles. The van der Waals surface area contributed by atoms with Crippen molar-refractivity contribution >= 4 is 23.2 Å². The number of hydrogen-bond donors (Lipinski definition) is 1. The van der Waals surface area contributed by atoms with E-state index in [2.05, 4.69) is 9.97 Å². The standard InChI is InChI=1S/C23H25N3O5/c1-15-8-10-18-19(30-22(28)29)11-9-16(20(18)25-15)13-26(21(27)31-23(2,3)4)14-17-7-5-6-12-24-17/h5-12H,13-14H2,1-4H3,(H,28,29). The number of amides is 1. The lowest BCUT2D eigenvalue weighted by Gasteiger charge is -2.27. The Bertz CT molecular complexity index is 1090. The molecule has 3 rings (SSSR count). The number of ether oxygens (including phenoxy) is 2. The second kappa shape index (κ2) is 8.99. The molecule has 0 aliphatic carbocycles. The monoisotopic (exact) mass is 423 g/mol. The number of hydrogen-bond acceptors (Lipinski definition) is 6. The molecule has 1 aromatic carbocycles. The molecule has 0 spiro atoms. The van der Waals surface area contributed by atoms with Crippen molar-refractivity contribution in [1.29, 1.82) is 0 Å². The zero-order valence-electron chi connectivity index (χ0n) is 18.0. The molecule has 0 unspecified atom stereocenters. The minimum atomic E-state index is -1.40. The van der Waals surface area contributed by atoms with E-state index in [1.807, 2.05) is 45.9 Å². The Labute approximate surface area is 180 Å². The number of carbonyl (C=O) groups excluding carboxylic acids is 1. The number of aromatic nitrogens is 2. The third kappa shape index (κ3) is 5.91. The fraction of sp³-hybridized carbons (Fsp3) is 0.304. The van der Waals surface area contributed by atoms with E-state index < -0.39 is 17.8 Å². The van der Waals surface area contributed by atoms with Gasteiger partial charge in [0, 0.05) is 17.3 Å². The normalized spacial score (nSPS) is 11.2. The van der Waals surface area contributed by atoms with Gasteiger partial charge in [-0.1, -0.05) is 12.1 Å². The first kappa shape index (κ1) is 22.0. The van der Waals surface area contributed by atoms with Crippen LogP contribution in [0.3, 0.4) is 0 Å². The maximum atomic E-state index is 12.9. The Morgan fingerprint density at radius 1 is 1.06 bits per heavy atom. The van der Waals surface area contributed by atoms with Gasteiger partial charge in [-0.25, -0.2) is 9.59 Å². The van der Waals surface area contributed by atoms with Crippen LogP contribution in [0.15, 0.2) is 48.7 Å². The Hall–Kier alpha value is -3.68. The second-order valence-corrected chi connectivity index (χ2v) is 8.10. The quantitative estimate of drug-likeness (QED) is 0.458. The van der Waals surface area contributed by atoms with Crippen LogP contribution in [0, 0.1) is 6.92 Å². The molecular formula is C23H25N3O5. The van der Waals surface area contributed by atoms with Gasteiger partial charge in [0.15, 0.2) is 0 Å². The van der Waals surface area contributed by atoms with Crippen molar-refractivity contribution in [2.75, 3.05) is 0 Å². The van der Waals surface area contributed by atoms with E-state index in [4.69, 9.17) is 14.6 Å². The molecule has 0 aliphatic rings. The summed E-state index contributed by atoms with van der Waals surface area (Å²) in [4.78, 5) is 34.4. The summed E-state index contributed by atoms with van der Waals surface area (Å²) in [5.74, 6) is 0.187. The molecule has 0 saturated carbocycles. The van der Waals surface area contributed by atoms with Crippen molar-refractivity contribution in [2.45, 2.75) is 46.4 Å². The molecule has 8 nitrogen and oxygen atoms in total. The second-order valence-electron chi connectivity index (χ2n) is 8.10. The number of benzene rings is 1. The molecule has 8 heteroatoms. The SMILES string of the molecule is Cc1ccc2c(OC(=O)O)ccc(CN(Cc3ccccn3)C(=O)OC(C)(C)C)c2n1. The highest BCUT2D eigenvalue weighted by molar-refractivity contribution is 5.89. The highest BCUT2D eigenvalue weighted by atomic mass is 16.7. The average Bonchev–Trinajstić information content (AvgIpc) is 2.68. The van der Waals surface area contributed by atoms with Crippen molar-refractivity contribution in [3.63, 3.8) is 0 Å². The largest absolute Gasteiger partial charge is 0.511 e. The maximum Gasteiger partial charge on any atom is 0.511 e. The topological polar surface area (TPSA) is 102 Å². The zero-order valence-corrected chi connectivity index (χ0v) is 18.0. The number of aryl methyl sites for hydroxylation is 1. The molecule has 0 bridgehead atoms. The predicted octanol–water partition coefficient (Wildman–Crippen LogP) is 4.93. The molecule has 162 valence electrons. The van der Waals surface area contributed by atoms with Gasteiger partial charge in [0.05, 0.1) is 24.3 Å². The van der Waals surface area contributed by atoms with Gasteiger partial charge in [-0.2, -0.15) is 0 Å². The number of nitrogens with zero attached hydrogens (tertiary/aromatic N) is 3. The van der Waals surface area contributed by atoms with Crippen LogP contribution in [0.25, 0.3) is 10.9 Å². The average molecular weight is 423 g/mol. The zero-order chi connectivity index (χ0) is 22.6. The molecule has 0 atom stereocenters. The Morgan fingerprint density at radius 3 is 2.48 bits per heavy atom. The Balaban J connectivity index is 2.00. The van der Waals surface area contributed by atoms with Crippen molar-refractivity contribution < 1.29 is 24.2 Å². The van der Waals surface area contributed by atoms with E-state index in [0.717, 1.165) is 11.3 Å². The molecule has 2 aromatic heterocycles. The molecule has 1 N–H and O–H groups in total. The van der Waals surface area contributed by atoms with Crippen molar-refractivity contribution in [3.8, 4) is 5.75 Å². The van der Waals surface area contributed by atoms with Gasteiger partial charge >= 0.3 is 12.2 Å². The number of rotatable bonds is 5. The van der Waals surface area contributed by atoms with Gasteiger partial charge < -0.3 is 14.6 Å². The summed E-state index contributed by atoms with van der Waals surface area (Å²) in [5, 5.41) is 9.57. The lowest BCUT2D eigenvalue weighted by molar-refractivity contribution is 0.0214. The molecule has 0 fully saturated rings. The molecule has 3 aromatic rings. The van der Waals surface area contributed by atoms with Crippen molar-refractivity contribution in [3.05, 3.63) is 65.6 Å². The highest BCUT2D eigenvalue weighted by Gasteiger charge is 2.24. The van der Waals surface area contributed by atoms with E-state index in [1.54, 1.807) is 35.4 Å². The van der Waals surface area contributed by atoms with E-state index in [0.29, 0.717) is 16.6 Å².